The zero-order valence-electron chi connectivity index (χ0n) is 18.1. The lowest BCUT2D eigenvalue weighted by atomic mass is 9.95. The highest BCUT2D eigenvalue weighted by atomic mass is 16.5. The van der Waals surface area contributed by atoms with Crippen molar-refractivity contribution in [2.45, 2.75) is 52.1 Å². The van der Waals surface area contributed by atoms with E-state index in [1.54, 1.807) is 7.11 Å². The lowest BCUT2D eigenvalue weighted by Gasteiger charge is -2.19. The summed E-state index contributed by atoms with van der Waals surface area (Å²) >= 11 is 0. The van der Waals surface area contributed by atoms with Gasteiger partial charge in [0.25, 0.3) is 5.91 Å². The van der Waals surface area contributed by atoms with Crippen LogP contribution in [0.1, 0.15) is 64.2 Å². The first kappa shape index (κ1) is 20.3. The number of amides is 1. The van der Waals surface area contributed by atoms with Gasteiger partial charge in [-0.2, -0.15) is 0 Å². The summed E-state index contributed by atoms with van der Waals surface area (Å²) in [6.45, 7) is 4.82. The van der Waals surface area contributed by atoms with Gasteiger partial charge in [-0.25, -0.2) is 0 Å². The molecule has 0 spiro atoms. The molecular weight excluding hydrogens is 372 g/mol. The lowest BCUT2D eigenvalue weighted by molar-refractivity contribution is 0.0930. The molecule has 30 heavy (non-hydrogen) atoms. The predicted molar refractivity (Wildman–Crippen MR) is 120 cm³/mol. The first-order valence-corrected chi connectivity index (χ1v) is 10.8. The van der Waals surface area contributed by atoms with Crippen molar-refractivity contribution in [2.75, 3.05) is 7.11 Å². The Hall–Kier alpha value is -3.01. The second kappa shape index (κ2) is 8.78. The van der Waals surface area contributed by atoms with Crippen LogP contribution in [0, 0.1) is 6.92 Å². The maximum Gasteiger partial charge on any atom is 0.268 e. The van der Waals surface area contributed by atoms with Crippen molar-refractivity contribution in [1.29, 1.82) is 0 Å². The maximum absolute atomic E-state index is 13.4. The first-order valence-electron chi connectivity index (χ1n) is 10.8. The molecule has 1 aliphatic carbocycles. The molecule has 1 amide bonds. The molecule has 0 radical (unpaired) electrons. The summed E-state index contributed by atoms with van der Waals surface area (Å²) in [5.41, 5.74) is 6.86. The van der Waals surface area contributed by atoms with E-state index in [4.69, 9.17) is 4.74 Å². The minimum Gasteiger partial charge on any atom is -0.497 e. The third-order valence-corrected chi connectivity index (χ3v) is 6.18. The van der Waals surface area contributed by atoms with E-state index in [1.807, 2.05) is 37.3 Å². The smallest absolute Gasteiger partial charge is 0.268 e. The Bertz CT molecular complexity index is 1040. The van der Waals surface area contributed by atoms with Crippen LogP contribution in [-0.2, 0) is 19.4 Å². The molecule has 1 N–H and O–H groups in total. The van der Waals surface area contributed by atoms with E-state index in [0.717, 1.165) is 41.0 Å². The SMILES string of the molecule is COc1cccc(Cn2c3c(c(C)c2C(=O)NC(C)c2ccccc2)CCCC3)c1. The van der Waals surface area contributed by atoms with Crippen LogP contribution in [0.5, 0.6) is 5.75 Å². The van der Waals surface area contributed by atoms with Crippen molar-refractivity contribution in [2.24, 2.45) is 0 Å². The van der Waals surface area contributed by atoms with Crippen molar-refractivity contribution >= 4 is 5.91 Å². The van der Waals surface area contributed by atoms with E-state index in [1.165, 1.54) is 24.1 Å². The molecule has 4 rings (SSSR count). The fourth-order valence-corrected chi connectivity index (χ4v) is 4.58. The Kier molecular flexibility index (Phi) is 5.93. The van der Waals surface area contributed by atoms with E-state index in [0.29, 0.717) is 6.54 Å². The number of nitrogens with one attached hydrogen (secondary N) is 1. The van der Waals surface area contributed by atoms with E-state index in [2.05, 4.69) is 41.1 Å². The molecule has 4 nitrogen and oxygen atoms in total. The summed E-state index contributed by atoms with van der Waals surface area (Å²) in [6, 6.07) is 18.2. The first-order chi connectivity index (χ1) is 14.6. The molecule has 0 fully saturated rings. The quantitative estimate of drug-likeness (QED) is 0.614. The van der Waals surface area contributed by atoms with Crippen molar-refractivity contribution in [3.8, 4) is 5.75 Å². The molecule has 1 unspecified atom stereocenters. The average molecular weight is 403 g/mol. The zero-order chi connectivity index (χ0) is 21.1. The average Bonchev–Trinajstić information content (AvgIpc) is 3.06. The number of fused-ring (bicyclic) bond motifs is 1. The molecule has 1 aliphatic rings. The molecule has 4 heteroatoms. The van der Waals surface area contributed by atoms with Gasteiger partial charge in [-0.05, 0) is 73.9 Å². The number of hydrogen-bond acceptors (Lipinski definition) is 2. The highest BCUT2D eigenvalue weighted by molar-refractivity contribution is 5.95. The summed E-state index contributed by atoms with van der Waals surface area (Å²) < 4.78 is 7.64. The van der Waals surface area contributed by atoms with Crippen molar-refractivity contribution in [3.63, 3.8) is 0 Å². The molecule has 0 saturated carbocycles. The standard InChI is InChI=1S/C26H30N2O2/c1-18-23-14-7-8-15-24(23)28(17-20-10-9-13-22(16-20)30-3)25(18)26(29)27-19(2)21-11-5-4-6-12-21/h4-6,9-13,16,19H,7-8,14-15,17H2,1-3H3,(H,27,29). The normalized spacial score (nSPS) is 14.1. The Morgan fingerprint density at radius 2 is 1.87 bits per heavy atom. The highest BCUT2D eigenvalue weighted by Gasteiger charge is 2.27. The Morgan fingerprint density at radius 1 is 1.10 bits per heavy atom. The second-order valence-corrected chi connectivity index (χ2v) is 8.15. The maximum atomic E-state index is 13.4. The molecule has 1 heterocycles. The summed E-state index contributed by atoms with van der Waals surface area (Å²) in [6.07, 6.45) is 4.46. The molecule has 2 aromatic carbocycles. The number of rotatable bonds is 6. The van der Waals surface area contributed by atoms with Crippen molar-refractivity contribution in [3.05, 3.63) is 88.2 Å². The van der Waals surface area contributed by atoms with Gasteiger partial charge in [0.05, 0.1) is 13.2 Å². The molecule has 1 atom stereocenters. The Labute approximate surface area is 178 Å². The number of carbonyl (C=O) groups is 1. The van der Waals surface area contributed by atoms with E-state index in [-0.39, 0.29) is 11.9 Å². The fraction of sp³-hybridized carbons (Fsp3) is 0.346. The number of ether oxygens (including phenoxy) is 1. The molecule has 0 bridgehead atoms. The van der Waals surface area contributed by atoms with Crippen LogP contribution in [0.4, 0.5) is 0 Å². The van der Waals surface area contributed by atoms with E-state index in [9.17, 15) is 4.79 Å². The van der Waals surface area contributed by atoms with Gasteiger partial charge in [0.2, 0.25) is 0 Å². The third kappa shape index (κ3) is 4.00. The number of carbonyl (C=O) groups excluding carboxylic acids is 1. The highest BCUT2D eigenvalue weighted by Crippen LogP contribution is 2.31. The molecule has 3 aromatic rings. The summed E-state index contributed by atoms with van der Waals surface area (Å²) in [7, 11) is 1.69. The number of benzene rings is 2. The molecule has 1 aromatic heterocycles. The lowest BCUT2D eigenvalue weighted by Crippen LogP contribution is -2.29. The Balaban J connectivity index is 1.69. The molecular formula is C26H30N2O2. The van der Waals surface area contributed by atoms with Crippen LogP contribution in [-0.4, -0.2) is 17.6 Å². The number of nitrogens with zero attached hydrogens (tertiary/aromatic N) is 1. The van der Waals surface area contributed by atoms with Gasteiger partial charge in [-0.3, -0.25) is 4.79 Å². The van der Waals surface area contributed by atoms with Gasteiger partial charge in [-0.1, -0.05) is 42.5 Å². The summed E-state index contributed by atoms with van der Waals surface area (Å²) in [5.74, 6) is 0.843. The third-order valence-electron chi connectivity index (χ3n) is 6.18. The number of aromatic nitrogens is 1. The number of methoxy groups -OCH3 is 1. The number of hydrogen-bond donors (Lipinski definition) is 1. The van der Waals surface area contributed by atoms with Crippen LogP contribution in [0.25, 0.3) is 0 Å². The summed E-state index contributed by atoms with van der Waals surface area (Å²) in [4.78, 5) is 13.4. The zero-order valence-corrected chi connectivity index (χ0v) is 18.1. The van der Waals surface area contributed by atoms with Crippen LogP contribution in [0.3, 0.4) is 0 Å². The van der Waals surface area contributed by atoms with Gasteiger partial charge >= 0.3 is 0 Å². The molecule has 0 saturated heterocycles. The Morgan fingerprint density at radius 3 is 2.63 bits per heavy atom. The minimum absolute atomic E-state index is 0.00106. The van der Waals surface area contributed by atoms with Crippen LogP contribution in [0.15, 0.2) is 54.6 Å². The molecule has 0 aliphatic heterocycles. The van der Waals surface area contributed by atoms with Crippen LogP contribution < -0.4 is 10.1 Å². The van der Waals surface area contributed by atoms with Crippen molar-refractivity contribution < 1.29 is 9.53 Å². The van der Waals surface area contributed by atoms with Gasteiger partial charge < -0.3 is 14.6 Å². The van der Waals surface area contributed by atoms with E-state index < -0.39 is 0 Å². The second-order valence-electron chi connectivity index (χ2n) is 8.15. The monoisotopic (exact) mass is 402 g/mol. The van der Waals surface area contributed by atoms with Crippen LogP contribution >= 0.6 is 0 Å². The van der Waals surface area contributed by atoms with Crippen molar-refractivity contribution in [1.82, 2.24) is 9.88 Å². The van der Waals surface area contributed by atoms with Gasteiger partial charge in [0.1, 0.15) is 11.4 Å². The minimum atomic E-state index is -0.0460. The summed E-state index contributed by atoms with van der Waals surface area (Å²) in [5, 5.41) is 3.23. The largest absolute Gasteiger partial charge is 0.497 e. The predicted octanol–water partition coefficient (Wildman–Crippen LogP) is 5.22. The van der Waals surface area contributed by atoms with Crippen LogP contribution in [0.2, 0.25) is 0 Å². The van der Waals surface area contributed by atoms with Gasteiger partial charge in [0, 0.05) is 12.2 Å². The molecule has 156 valence electrons. The topological polar surface area (TPSA) is 43.3 Å². The fourth-order valence-electron chi connectivity index (χ4n) is 4.58. The van der Waals surface area contributed by atoms with Gasteiger partial charge in [0.15, 0.2) is 0 Å². The van der Waals surface area contributed by atoms with E-state index >= 15 is 0 Å². The van der Waals surface area contributed by atoms with Gasteiger partial charge in [-0.15, -0.1) is 0 Å².